The number of alkyl halides is 2. The van der Waals surface area contributed by atoms with Gasteiger partial charge in [-0.1, -0.05) is 23.6 Å². The van der Waals surface area contributed by atoms with Gasteiger partial charge in [-0.2, -0.15) is 24.2 Å². The Morgan fingerprint density at radius 2 is 1.80 bits per heavy atom. The van der Waals surface area contributed by atoms with E-state index in [-0.39, 0.29) is 77.0 Å². The molecule has 2 amide bonds. The second kappa shape index (κ2) is 16.9. The van der Waals surface area contributed by atoms with E-state index in [1.54, 1.807) is 52.9 Å². The van der Waals surface area contributed by atoms with Crippen molar-refractivity contribution in [3.63, 3.8) is 0 Å². The van der Waals surface area contributed by atoms with Gasteiger partial charge in [0.2, 0.25) is 15.9 Å². The van der Waals surface area contributed by atoms with Gasteiger partial charge in [0.05, 0.1) is 47.1 Å². The molecule has 4 atom stereocenters. The number of hydrogen-bond acceptors (Lipinski definition) is 10. The van der Waals surface area contributed by atoms with E-state index in [0.717, 1.165) is 23.1 Å². The maximum absolute atomic E-state index is 15.8. The fourth-order valence-electron chi connectivity index (χ4n) is 8.89. The first-order valence-electron chi connectivity index (χ1n) is 20.9. The highest BCUT2D eigenvalue weighted by atomic mass is 35.5. The maximum Gasteiger partial charge on any atom is 0.410 e. The van der Waals surface area contributed by atoms with E-state index >= 15 is 8.78 Å². The molecular formula is C45H44ClF4N9O6S. The van der Waals surface area contributed by atoms with Crippen molar-refractivity contribution in [1.82, 2.24) is 34.8 Å². The second-order valence-corrected chi connectivity index (χ2v) is 20.1. The van der Waals surface area contributed by atoms with Crippen LogP contribution < -0.4 is 10.0 Å². The molecule has 0 spiro atoms. The Hall–Kier alpha value is -6.22. The van der Waals surface area contributed by atoms with Crippen molar-refractivity contribution in [3.8, 4) is 29.0 Å². The first-order chi connectivity index (χ1) is 30.9. The predicted octanol–water partition coefficient (Wildman–Crippen LogP) is 7.08. The summed E-state index contributed by atoms with van der Waals surface area (Å²) in [5.41, 5.74) is -1.18. The Morgan fingerprint density at radius 3 is 2.45 bits per heavy atom. The number of nitrogens with zero attached hydrogens (tertiary/aromatic N) is 7. The van der Waals surface area contributed by atoms with Gasteiger partial charge in [-0.25, -0.2) is 27.0 Å². The molecule has 346 valence electrons. The van der Waals surface area contributed by atoms with Crippen molar-refractivity contribution >= 4 is 50.3 Å². The van der Waals surface area contributed by atoms with Crippen LogP contribution in [0.25, 0.3) is 22.0 Å². The van der Waals surface area contributed by atoms with E-state index in [0.29, 0.717) is 29.1 Å². The number of fused-ring (bicyclic) bond motifs is 4. The van der Waals surface area contributed by atoms with E-state index in [9.17, 15) is 32.0 Å². The molecule has 3 aliphatic rings. The number of anilines is 1. The number of carbonyl (C=O) groups is 2. The normalized spacial score (nSPS) is 20.3. The van der Waals surface area contributed by atoms with Crippen molar-refractivity contribution in [2.75, 3.05) is 30.7 Å². The first kappa shape index (κ1) is 46.3. The molecule has 0 radical (unpaired) electrons. The van der Waals surface area contributed by atoms with Crippen LogP contribution in [0.15, 0.2) is 42.5 Å². The summed E-state index contributed by atoms with van der Waals surface area (Å²) in [5.74, 6) is -1.58. The molecule has 1 aliphatic heterocycles. The summed E-state index contributed by atoms with van der Waals surface area (Å²) in [6.07, 6.45) is 0.806. The fraction of sp³-hybridized carbons (Fsp3) is 0.422. The van der Waals surface area contributed by atoms with Crippen molar-refractivity contribution in [1.29, 1.82) is 5.26 Å². The summed E-state index contributed by atoms with van der Waals surface area (Å²) in [6.45, 7) is 6.65. The van der Waals surface area contributed by atoms with Gasteiger partial charge in [0.15, 0.2) is 11.5 Å². The molecule has 1 saturated carbocycles. The third-order valence-corrected chi connectivity index (χ3v) is 12.5. The minimum absolute atomic E-state index is 0.0436. The van der Waals surface area contributed by atoms with Crippen LogP contribution in [0.5, 0.6) is 0 Å². The van der Waals surface area contributed by atoms with Gasteiger partial charge in [0.25, 0.3) is 5.92 Å². The lowest BCUT2D eigenvalue weighted by Crippen LogP contribution is -2.52. The average Bonchev–Trinajstić information content (AvgIpc) is 3.76. The van der Waals surface area contributed by atoms with Gasteiger partial charge >= 0.3 is 6.09 Å². The van der Waals surface area contributed by atoms with Crippen molar-refractivity contribution in [3.05, 3.63) is 93.0 Å². The van der Waals surface area contributed by atoms with Gasteiger partial charge < -0.3 is 19.7 Å². The number of sulfonamides is 1. The lowest BCUT2D eigenvalue weighted by Gasteiger charge is -2.37. The number of nitriles is 1. The highest BCUT2D eigenvalue weighted by Gasteiger charge is 2.61. The number of benzene rings is 2. The molecule has 4 heterocycles. The molecule has 0 bridgehead atoms. The smallest absolute Gasteiger partial charge is 0.410 e. The number of halogens is 5. The van der Waals surface area contributed by atoms with Crippen molar-refractivity contribution in [2.24, 2.45) is 13.0 Å². The molecule has 15 nitrogen and oxygen atoms in total. The molecule has 2 aliphatic carbocycles. The van der Waals surface area contributed by atoms with E-state index in [1.165, 1.54) is 15.6 Å². The van der Waals surface area contributed by atoms with Gasteiger partial charge in [0, 0.05) is 42.3 Å². The molecule has 0 unspecified atom stereocenters. The number of carbonyl (C=O) groups excluding carboxylic acids is 2. The Balaban J connectivity index is 1.26. The number of nitrogens with one attached hydrogen (secondary N) is 2. The van der Waals surface area contributed by atoms with Crippen LogP contribution >= 0.6 is 11.6 Å². The number of hydrogen-bond donors (Lipinski definition) is 2. The molecule has 2 aromatic carbocycles. The lowest BCUT2D eigenvalue weighted by atomic mass is 9.73. The topological polar surface area (TPSA) is 186 Å². The third-order valence-electron chi connectivity index (χ3n) is 11.7. The quantitative estimate of drug-likeness (QED) is 0.114. The highest BCUT2D eigenvalue weighted by molar-refractivity contribution is 7.92. The Morgan fingerprint density at radius 1 is 1.09 bits per heavy atom. The van der Waals surface area contributed by atoms with Crippen molar-refractivity contribution < 1.29 is 45.0 Å². The molecule has 8 rings (SSSR count). The molecular weight excluding hydrogens is 906 g/mol. The molecule has 2 N–H and O–H groups in total. The SMILES string of the molecule is Cn1nc(NS(C)(=O)=O)c2c(Cl)ccc(-c3ccc(C#C[C@]4(C)CN(C(=O)OC(C)(C)C)CCO4)nc3[C@H](Cc3cc(F)cc(F)c3)NC(=O)Cn3nc(C#N)c4c3C(F)(F)[C@@H]3CC[C@H]43)c21. The third kappa shape index (κ3) is 9.14. The molecule has 1 saturated heterocycles. The number of aryl methyl sites for hydroxylation is 1. The van der Waals surface area contributed by atoms with Crippen LogP contribution in [0.1, 0.15) is 86.4 Å². The number of ether oxygens (including phenoxy) is 2. The summed E-state index contributed by atoms with van der Waals surface area (Å²) in [6, 6.07) is 9.79. The minimum Gasteiger partial charge on any atom is -0.444 e. The zero-order chi connectivity index (χ0) is 47.7. The summed E-state index contributed by atoms with van der Waals surface area (Å²) < 4.78 is 102. The second-order valence-electron chi connectivity index (χ2n) is 17.9. The van der Waals surface area contributed by atoms with Gasteiger partial charge in [-0.15, -0.1) is 0 Å². The maximum atomic E-state index is 15.8. The van der Waals surface area contributed by atoms with E-state index in [4.69, 9.17) is 26.1 Å². The summed E-state index contributed by atoms with van der Waals surface area (Å²) in [5, 5.41) is 21.6. The highest BCUT2D eigenvalue weighted by Crippen LogP contribution is 2.62. The first-order valence-corrected chi connectivity index (χ1v) is 23.1. The molecule has 2 fully saturated rings. The van der Waals surface area contributed by atoms with Crippen molar-refractivity contribution in [2.45, 2.75) is 82.6 Å². The largest absolute Gasteiger partial charge is 0.444 e. The van der Waals surface area contributed by atoms with Crippen LogP contribution in [0, 0.1) is 40.7 Å². The molecule has 66 heavy (non-hydrogen) atoms. The average molecular weight is 950 g/mol. The number of rotatable bonds is 9. The lowest BCUT2D eigenvalue weighted by molar-refractivity contribution is -0.123. The van der Waals surface area contributed by atoms with E-state index in [2.05, 4.69) is 32.1 Å². The zero-order valence-electron chi connectivity index (χ0n) is 36.6. The van der Waals surface area contributed by atoms with E-state index in [1.807, 2.05) is 6.07 Å². The monoisotopic (exact) mass is 949 g/mol. The summed E-state index contributed by atoms with van der Waals surface area (Å²) >= 11 is 6.68. The number of morpholine rings is 1. The predicted molar refractivity (Wildman–Crippen MR) is 234 cm³/mol. The number of aromatic nitrogens is 5. The fourth-order valence-corrected chi connectivity index (χ4v) is 9.63. The number of amides is 2. The zero-order valence-corrected chi connectivity index (χ0v) is 38.2. The van der Waals surface area contributed by atoms with Crippen LogP contribution in [0.3, 0.4) is 0 Å². The molecule has 3 aromatic heterocycles. The Bertz CT molecular complexity index is 3020. The van der Waals surface area contributed by atoms with E-state index < -0.39 is 80.9 Å². The molecule has 5 aromatic rings. The summed E-state index contributed by atoms with van der Waals surface area (Å²) in [7, 11) is -2.28. The van der Waals surface area contributed by atoms with Crippen LogP contribution in [-0.4, -0.2) is 87.0 Å². The Kier molecular flexibility index (Phi) is 11.9. The van der Waals surface area contributed by atoms with Crippen LogP contribution in [0.2, 0.25) is 5.02 Å². The van der Waals surface area contributed by atoms with Crippen LogP contribution in [-0.2, 0) is 50.2 Å². The number of pyridine rings is 1. The Labute approximate surface area is 382 Å². The minimum atomic E-state index is -3.84. The standard InChI is InChI=1S/C45H44ClF4N9O6S/c1-43(2,3)65-42(61)58-15-16-64-44(4,23-58)14-13-27-7-8-28(29-10-12-32(46)37-39(29)57(5)55-41(37)56-66(6,62)63)38(52-27)33(19-24-17-25(47)20-26(48)18-24)53-35(60)22-59-40-36(34(21-51)54-59)30-9-11-31(30)45(40,49)50/h7-8,10,12,17-18,20,30-31,33H,9,11,15-16,19,22-23H2,1-6H3,(H,53,60)(H,55,56)/t30-,31+,33-,44+/m0/s1. The van der Waals surface area contributed by atoms with Crippen LogP contribution in [0.4, 0.5) is 28.2 Å². The molecule has 21 heteroatoms. The van der Waals surface area contributed by atoms with Gasteiger partial charge in [-0.3, -0.25) is 18.9 Å². The van der Waals surface area contributed by atoms with Gasteiger partial charge in [-0.05, 0) is 94.7 Å². The summed E-state index contributed by atoms with van der Waals surface area (Å²) in [4.78, 5) is 33.7. The van der Waals surface area contributed by atoms with Gasteiger partial charge in [0.1, 0.15) is 46.8 Å².